The van der Waals surface area contributed by atoms with Crippen LogP contribution < -0.4 is 14.8 Å². The Hall–Kier alpha value is -3.76. The van der Waals surface area contributed by atoms with Gasteiger partial charge in [-0.05, 0) is 44.0 Å². The maximum atomic E-state index is 12.7. The molecule has 35 heavy (non-hydrogen) atoms. The van der Waals surface area contributed by atoms with Crippen molar-refractivity contribution in [1.82, 2.24) is 0 Å². The van der Waals surface area contributed by atoms with Gasteiger partial charge in [0.05, 0.1) is 25.9 Å². The minimum atomic E-state index is -4.44. The number of benzene rings is 2. The fourth-order valence-electron chi connectivity index (χ4n) is 3.07. The van der Waals surface area contributed by atoms with E-state index in [-0.39, 0.29) is 30.1 Å². The molecule has 0 aliphatic rings. The van der Waals surface area contributed by atoms with Crippen molar-refractivity contribution in [3.05, 3.63) is 47.0 Å². The van der Waals surface area contributed by atoms with Gasteiger partial charge in [-0.15, -0.1) is 0 Å². The molecule has 0 atom stereocenters. The number of rotatable bonds is 10. The Morgan fingerprint density at radius 1 is 1.06 bits per heavy atom. The van der Waals surface area contributed by atoms with Crippen LogP contribution in [0.1, 0.15) is 41.3 Å². The molecule has 0 bridgehead atoms. The largest absolute Gasteiger partial charge is 0.507 e. The molecule has 0 saturated carbocycles. The smallest absolute Gasteiger partial charge is 0.396 e. The van der Waals surface area contributed by atoms with E-state index >= 15 is 0 Å². The topological polar surface area (TPSA) is 111 Å². The lowest BCUT2D eigenvalue weighted by atomic mass is 10.0. The van der Waals surface area contributed by atoms with Gasteiger partial charge in [0.25, 0.3) is 0 Å². The lowest BCUT2D eigenvalue weighted by molar-refractivity contribution is -0.150. The van der Waals surface area contributed by atoms with Crippen molar-refractivity contribution in [3.63, 3.8) is 0 Å². The van der Waals surface area contributed by atoms with E-state index in [9.17, 15) is 32.7 Å². The number of aryl methyl sites for hydroxylation is 1. The van der Waals surface area contributed by atoms with Crippen LogP contribution in [0.15, 0.2) is 30.3 Å². The standard InChI is InChI=1S/C24H26F3NO7/c1-14-5-6-16(13-19(14)28-22(31)23(32)33-3)34-11-4-12-35-20-8-7-17(15(2)29)21(30)18(20)9-10-24(25,26)27/h5-8,13,30H,4,9-12H2,1-3H3,(H,28,31). The van der Waals surface area contributed by atoms with Crippen molar-refractivity contribution >= 4 is 23.3 Å². The van der Waals surface area contributed by atoms with E-state index in [0.29, 0.717) is 23.4 Å². The van der Waals surface area contributed by atoms with Crippen LogP contribution >= 0.6 is 0 Å². The Bertz CT molecular complexity index is 1080. The van der Waals surface area contributed by atoms with Crippen LogP contribution in [-0.4, -0.2) is 49.3 Å². The third-order valence-corrected chi connectivity index (χ3v) is 4.92. The molecule has 2 N–H and O–H groups in total. The van der Waals surface area contributed by atoms with Gasteiger partial charge in [0.2, 0.25) is 0 Å². The summed E-state index contributed by atoms with van der Waals surface area (Å²) in [5, 5.41) is 12.7. The highest BCUT2D eigenvalue weighted by molar-refractivity contribution is 6.37. The zero-order valence-corrected chi connectivity index (χ0v) is 19.5. The fraction of sp³-hybridized carbons (Fsp3) is 0.375. The quantitative estimate of drug-likeness (QED) is 0.217. The number of aromatic hydroxyl groups is 1. The second-order valence-electron chi connectivity index (χ2n) is 7.58. The maximum absolute atomic E-state index is 12.7. The Labute approximate surface area is 200 Å². The second-order valence-corrected chi connectivity index (χ2v) is 7.58. The van der Waals surface area contributed by atoms with E-state index in [1.54, 1.807) is 19.1 Å². The van der Waals surface area contributed by atoms with Crippen molar-refractivity contribution in [1.29, 1.82) is 0 Å². The molecule has 8 nitrogen and oxygen atoms in total. The molecular formula is C24H26F3NO7. The summed E-state index contributed by atoms with van der Waals surface area (Å²) in [6.07, 6.45) is -5.81. The monoisotopic (exact) mass is 497 g/mol. The van der Waals surface area contributed by atoms with Gasteiger partial charge in [-0.1, -0.05) is 6.07 Å². The number of phenols is 1. The summed E-state index contributed by atoms with van der Waals surface area (Å²) in [7, 11) is 1.09. The highest BCUT2D eigenvalue weighted by atomic mass is 19.4. The van der Waals surface area contributed by atoms with Gasteiger partial charge in [-0.3, -0.25) is 9.59 Å². The zero-order valence-electron chi connectivity index (χ0n) is 19.5. The Morgan fingerprint density at radius 3 is 2.37 bits per heavy atom. The minimum absolute atomic E-state index is 0.0555. The lowest BCUT2D eigenvalue weighted by Crippen LogP contribution is -2.24. The Kier molecular flexibility index (Phi) is 9.50. The molecular weight excluding hydrogens is 471 g/mol. The third-order valence-electron chi connectivity index (χ3n) is 4.92. The summed E-state index contributed by atoms with van der Waals surface area (Å²) < 4.78 is 53.7. The molecule has 2 aromatic carbocycles. The molecule has 2 rings (SSSR count). The molecule has 190 valence electrons. The predicted octanol–water partition coefficient (Wildman–Crippen LogP) is 4.36. The molecule has 0 aliphatic heterocycles. The number of anilines is 1. The van der Waals surface area contributed by atoms with Crippen LogP contribution in [0.25, 0.3) is 0 Å². The van der Waals surface area contributed by atoms with Crippen molar-refractivity contribution in [2.24, 2.45) is 0 Å². The summed E-state index contributed by atoms with van der Waals surface area (Å²) in [6.45, 7) is 3.17. The van der Waals surface area contributed by atoms with E-state index in [2.05, 4.69) is 10.1 Å². The number of methoxy groups -OCH3 is 1. The number of ether oxygens (including phenoxy) is 3. The van der Waals surface area contributed by atoms with E-state index in [4.69, 9.17) is 9.47 Å². The molecule has 11 heteroatoms. The van der Waals surface area contributed by atoms with Gasteiger partial charge < -0.3 is 24.6 Å². The molecule has 0 radical (unpaired) electrons. The van der Waals surface area contributed by atoms with Crippen molar-refractivity contribution in [2.45, 2.75) is 39.3 Å². The van der Waals surface area contributed by atoms with E-state index in [1.807, 2.05) is 0 Å². The summed E-state index contributed by atoms with van der Waals surface area (Å²) >= 11 is 0. The SMILES string of the molecule is COC(=O)C(=O)Nc1cc(OCCCOc2ccc(C(C)=O)c(O)c2CCC(F)(F)F)ccc1C. The van der Waals surface area contributed by atoms with Crippen LogP contribution in [0.3, 0.4) is 0 Å². The number of alkyl halides is 3. The number of Topliss-reactive ketones (excluding diaryl/α,β-unsaturated/α-hetero) is 1. The first-order chi connectivity index (χ1) is 16.4. The predicted molar refractivity (Wildman–Crippen MR) is 120 cm³/mol. The van der Waals surface area contributed by atoms with Gasteiger partial charge in [-0.2, -0.15) is 13.2 Å². The second kappa shape index (κ2) is 12.1. The van der Waals surface area contributed by atoms with Crippen molar-refractivity contribution in [3.8, 4) is 17.2 Å². The average Bonchev–Trinajstić information content (AvgIpc) is 2.78. The first-order valence-corrected chi connectivity index (χ1v) is 10.6. The van der Waals surface area contributed by atoms with Crippen molar-refractivity contribution < 1.29 is 46.9 Å². The normalized spacial score (nSPS) is 11.0. The lowest BCUT2D eigenvalue weighted by Gasteiger charge is -2.16. The van der Waals surface area contributed by atoms with Gasteiger partial charge in [0.1, 0.15) is 17.2 Å². The Balaban J connectivity index is 1.98. The number of ketones is 1. The zero-order chi connectivity index (χ0) is 26.2. The molecule has 0 aliphatic carbocycles. The first kappa shape index (κ1) is 27.5. The molecule has 0 saturated heterocycles. The fourth-order valence-corrected chi connectivity index (χ4v) is 3.07. The number of amides is 1. The average molecular weight is 497 g/mol. The number of esters is 1. The van der Waals surface area contributed by atoms with Crippen LogP contribution in [0.5, 0.6) is 17.2 Å². The van der Waals surface area contributed by atoms with E-state index in [1.165, 1.54) is 25.1 Å². The summed E-state index contributed by atoms with van der Waals surface area (Å²) in [5.41, 5.74) is 0.899. The molecule has 0 heterocycles. The summed E-state index contributed by atoms with van der Waals surface area (Å²) in [5.74, 6) is -2.50. The maximum Gasteiger partial charge on any atom is 0.396 e. The van der Waals surface area contributed by atoms with Gasteiger partial charge >= 0.3 is 18.1 Å². The number of carbonyl (C=O) groups is 3. The summed E-state index contributed by atoms with van der Waals surface area (Å²) in [4.78, 5) is 34.6. The summed E-state index contributed by atoms with van der Waals surface area (Å²) in [6, 6.07) is 7.55. The van der Waals surface area contributed by atoms with Crippen LogP contribution in [0.2, 0.25) is 0 Å². The van der Waals surface area contributed by atoms with E-state index < -0.39 is 42.4 Å². The van der Waals surface area contributed by atoms with E-state index in [0.717, 1.165) is 7.11 Å². The molecule has 2 aromatic rings. The van der Waals surface area contributed by atoms with Gasteiger partial charge in [0, 0.05) is 30.2 Å². The molecule has 0 aromatic heterocycles. The third kappa shape index (κ3) is 8.20. The van der Waals surface area contributed by atoms with Gasteiger partial charge in [0.15, 0.2) is 5.78 Å². The first-order valence-electron chi connectivity index (χ1n) is 10.6. The number of phenolic OH excluding ortho intramolecular Hbond substituents is 1. The number of carbonyl (C=O) groups excluding carboxylic acids is 3. The molecule has 0 spiro atoms. The van der Waals surface area contributed by atoms with Crippen LogP contribution in [-0.2, 0) is 20.7 Å². The molecule has 1 amide bonds. The highest BCUT2D eigenvalue weighted by Crippen LogP contribution is 2.35. The number of nitrogens with one attached hydrogen (secondary N) is 1. The Morgan fingerprint density at radius 2 is 1.74 bits per heavy atom. The van der Waals surface area contributed by atoms with Crippen molar-refractivity contribution in [2.75, 3.05) is 25.6 Å². The number of hydrogen-bond donors (Lipinski definition) is 2. The van der Waals surface area contributed by atoms with Crippen LogP contribution in [0.4, 0.5) is 18.9 Å². The molecule has 0 unspecified atom stereocenters. The molecule has 0 fully saturated rings. The highest BCUT2D eigenvalue weighted by Gasteiger charge is 2.29. The number of hydrogen-bond acceptors (Lipinski definition) is 7. The van der Waals surface area contributed by atoms with Crippen LogP contribution in [0, 0.1) is 6.92 Å². The van der Waals surface area contributed by atoms with Gasteiger partial charge in [-0.25, -0.2) is 4.79 Å². The number of halogens is 3. The minimum Gasteiger partial charge on any atom is -0.507 e.